The second-order valence-corrected chi connectivity index (χ2v) is 7.42. The Labute approximate surface area is 154 Å². The van der Waals surface area contributed by atoms with Gasteiger partial charge < -0.3 is 5.32 Å². The molecule has 1 unspecified atom stereocenters. The highest BCUT2D eigenvalue weighted by atomic mass is 35.5. The highest BCUT2D eigenvalue weighted by Crippen LogP contribution is 2.23. The van der Waals surface area contributed by atoms with Crippen LogP contribution in [0.2, 0.25) is 5.02 Å². The third-order valence-electron chi connectivity index (χ3n) is 4.13. The van der Waals surface area contributed by atoms with Gasteiger partial charge in [-0.2, -0.15) is 0 Å². The molecule has 1 amide bonds. The summed E-state index contributed by atoms with van der Waals surface area (Å²) in [6, 6.07) is 6.46. The van der Waals surface area contributed by atoms with E-state index in [-0.39, 0.29) is 11.5 Å². The monoisotopic (exact) mass is 375 g/mol. The molecule has 0 spiro atoms. The molecule has 0 saturated carbocycles. The molecule has 1 N–H and O–H groups in total. The van der Waals surface area contributed by atoms with E-state index in [1.165, 1.54) is 22.2 Å². The zero-order valence-electron chi connectivity index (χ0n) is 14.2. The van der Waals surface area contributed by atoms with Crippen molar-refractivity contribution in [2.45, 2.75) is 33.2 Å². The Morgan fingerprint density at radius 1 is 1.40 bits per heavy atom. The number of hydrogen-bond donors (Lipinski definition) is 1. The number of nitrogens with zero attached hydrogens (tertiary/aromatic N) is 2. The maximum atomic E-state index is 12.7. The van der Waals surface area contributed by atoms with Crippen molar-refractivity contribution in [2.24, 2.45) is 0 Å². The number of aromatic nitrogens is 2. The lowest BCUT2D eigenvalue weighted by molar-refractivity contribution is -0.118. The van der Waals surface area contributed by atoms with Crippen molar-refractivity contribution in [2.75, 3.05) is 5.32 Å². The van der Waals surface area contributed by atoms with E-state index in [0.29, 0.717) is 20.9 Å². The normalized spacial score (nSPS) is 12.3. The average Bonchev–Trinajstić information content (AvgIpc) is 3.02. The number of benzene rings is 1. The van der Waals surface area contributed by atoms with Crippen molar-refractivity contribution in [1.29, 1.82) is 0 Å². The lowest BCUT2D eigenvalue weighted by atomic mass is 10.2. The summed E-state index contributed by atoms with van der Waals surface area (Å²) in [4.78, 5) is 31.4. The Balaban J connectivity index is 1.92. The third-order valence-corrected chi connectivity index (χ3v) is 5.55. The van der Waals surface area contributed by atoms with Crippen LogP contribution < -0.4 is 10.9 Å². The van der Waals surface area contributed by atoms with Gasteiger partial charge in [0.25, 0.3) is 5.56 Å². The molecule has 1 atom stereocenters. The minimum atomic E-state index is -0.687. The summed E-state index contributed by atoms with van der Waals surface area (Å²) in [6.07, 6.45) is 2.29. The first kappa shape index (κ1) is 17.6. The second kappa shape index (κ2) is 6.98. The Hall–Kier alpha value is -2.18. The van der Waals surface area contributed by atoms with Gasteiger partial charge in [-0.3, -0.25) is 14.2 Å². The van der Waals surface area contributed by atoms with Gasteiger partial charge in [-0.15, -0.1) is 11.3 Å². The maximum absolute atomic E-state index is 12.7. The van der Waals surface area contributed by atoms with Crippen LogP contribution in [0.25, 0.3) is 10.2 Å². The van der Waals surface area contributed by atoms with Crippen molar-refractivity contribution in [3.63, 3.8) is 0 Å². The van der Waals surface area contributed by atoms with Crippen molar-refractivity contribution in [1.82, 2.24) is 9.55 Å². The zero-order valence-corrected chi connectivity index (χ0v) is 15.7. The summed E-state index contributed by atoms with van der Waals surface area (Å²) >= 11 is 7.49. The summed E-state index contributed by atoms with van der Waals surface area (Å²) in [7, 11) is 0. The van der Waals surface area contributed by atoms with Crippen LogP contribution in [0.4, 0.5) is 5.69 Å². The Morgan fingerprint density at radius 3 is 2.88 bits per heavy atom. The number of aryl methyl sites for hydroxylation is 2. The lowest BCUT2D eigenvalue weighted by Crippen LogP contribution is -2.31. The van der Waals surface area contributed by atoms with E-state index in [4.69, 9.17) is 11.6 Å². The molecule has 7 heteroatoms. The second-order valence-electron chi connectivity index (χ2n) is 5.87. The van der Waals surface area contributed by atoms with E-state index < -0.39 is 6.04 Å². The molecule has 25 heavy (non-hydrogen) atoms. The average molecular weight is 376 g/mol. The maximum Gasteiger partial charge on any atom is 0.262 e. The van der Waals surface area contributed by atoms with Crippen LogP contribution in [-0.4, -0.2) is 15.5 Å². The van der Waals surface area contributed by atoms with Crippen LogP contribution >= 0.6 is 22.9 Å². The fourth-order valence-electron chi connectivity index (χ4n) is 2.53. The fraction of sp³-hybridized carbons (Fsp3) is 0.278. The predicted molar refractivity (Wildman–Crippen MR) is 103 cm³/mol. The quantitative estimate of drug-likeness (QED) is 0.743. The molecule has 1 aromatic carbocycles. The molecule has 0 saturated heterocycles. The first-order chi connectivity index (χ1) is 11.9. The fourth-order valence-corrected chi connectivity index (χ4v) is 3.63. The van der Waals surface area contributed by atoms with Crippen LogP contribution in [0.5, 0.6) is 0 Å². The van der Waals surface area contributed by atoms with E-state index in [2.05, 4.69) is 10.3 Å². The van der Waals surface area contributed by atoms with Gasteiger partial charge in [0.2, 0.25) is 5.91 Å². The molecule has 0 aliphatic carbocycles. The van der Waals surface area contributed by atoms with Crippen molar-refractivity contribution >= 4 is 44.7 Å². The SMILES string of the molecule is CCc1cc2c(=O)n(C(C)C(=O)Nc3cc(Cl)ccc3C)cnc2s1. The number of thiophene rings is 1. The molecule has 5 nitrogen and oxygen atoms in total. The topological polar surface area (TPSA) is 64.0 Å². The largest absolute Gasteiger partial charge is 0.324 e. The Morgan fingerprint density at radius 2 is 2.16 bits per heavy atom. The van der Waals surface area contributed by atoms with Gasteiger partial charge in [0.05, 0.1) is 11.7 Å². The Bertz CT molecular complexity index is 1010. The first-order valence-electron chi connectivity index (χ1n) is 7.97. The van der Waals surface area contributed by atoms with E-state index in [1.54, 1.807) is 19.1 Å². The van der Waals surface area contributed by atoms with Crippen LogP contribution in [0.1, 0.15) is 30.3 Å². The molecule has 0 aliphatic rings. The molecule has 2 aromatic heterocycles. The van der Waals surface area contributed by atoms with Crippen LogP contribution in [-0.2, 0) is 11.2 Å². The van der Waals surface area contributed by atoms with Gasteiger partial charge in [-0.25, -0.2) is 4.98 Å². The molecular formula is C18H18ClN3O2S. The van der Waals surface area contributed by atoms with E-state index in [0.717, 1.165) is 16.9 Å². The number of halogens is 1. The Kier molecular flexibility index (Phi) is 4.92. The molecule has 0 fully saturated rings. The van der Waals surface area contributed by atoms with Crippen LogP contribution in [0, 0.1) is 6.92 Å². The van der Waals surface area contributed by atoms with Crippen molar-refractivity contribution in [3.8, 4) is 0 Å². The van der Waals surface area contributed by atoms with Crippen molar-refractivity contribution in [3.05, 3.63) is 56.4 Å². The van der Waals surface area contributed by atoms with Crippen molar-refractivity contribution < 1.29 is 4.79 Å². The van der Waals surface area contributed by atoms with Gasteiger partial charge >= 0.3 is 0 Å². The number of nitrogens with one attached hydrogen (secondary N) is 1. The third kappa shape index (κ3) is 3.45. The number of rotatable bonds is 4. The summed E-state index contributed by atoms with van der Waals surface area (Å²) in [5, 5.41) is 3.93. The van der Waals surface area contributed by atoms with Gasteiger partial charge in [0, 0.05) is 15.6 Å². The van der Waals surface area contributed by atoms with Gasteiger partial charge in [-0.1, -0.05) is 24.6 Å². The number of carbonyl (C=O) groups excluding carboxylic acids is 1. The summed E-state index contributed by atoms with van der Waals surface area (Å²) in [6.45, 7) is 5.60. The molecular weight excluding hydrogens is 358 g/mol. The summed E-state index contributed by atoms with van der Waals surface area (Å²) in [5.41, 5.74) is 1.33. The van der Waals surface area contributed by atoms with Gasteiger partial charge in [0.15, 0.2) is 0 Å². The van der Waals surface area contributed by atoms with Gasteiger partial charge in [-0.05, 0) is 44.0 Å². The molecule has 0 radical (unpaired) electrons. The standard InChI is InChI=1S/C18H18ClN3O2S/c1-4-13-8-14-17(25-13)20-9-22(18(14)24)11(3)16(23)21-15-7-12(19)6-5-10(15)2/h5-9,11H,4H2,1-3H3,(H,21,23). The summed E-state index contributed by atoms with van der Waals surface area (Å²) < 4.78 is 1.36. The molecule has 130 valence electrons. The van der Waals surface area contributed by atoms with E-state index in [9.17, 15) is 9.59 Å². The van der Waals surface area contributed by atoms with Crippen LogP contribution in [0.15, 0.2) is 35.4 Å². The smallest absolute Gasteiger partial charge is 0.262 e. The predicted octanol–water partition coefficient (Wildman–Crippen LogP) is 4.18. The molecule has 0 bridgehead atoms. The number of anilines is 1. The number of fused-ring (bicyclic) bond motifs is 1. The van der Waals surface area contributed by atoms with Gasteiger partial charge in [0.1, 0.15) is 10.9 Å². The highest BCUT2D eigenvalue weighted by molar-refractivity contribution is 7.18. The molecule has 3 rings (SSSR count). The number of carbonyl (C=O) groups is 1. The highest BCUT2D eigenvalue weighted by Gasteiger charge is 2.19. The molecule has 2 heterocycles. The number of hydrogen-bond acceptors (Lipinski definition) is 4. The summed E-state index contributed by atoms with van der Waals surface area (Å²) in [5.74, 6) is -0.292. The van der Waals surface area contributed by atoms with E-state index >= 15 is 0 Å². The van der Waals surface area contributed by atoms with E-state index in [1.807, 2.05) is 26.0 Å². The minimum absolute atomic E-state index is 0.202. The number of amides is 1. The molecule has 3 aromatic rings. The zero-order chi connectivity index (χ0) is 18.1. The lowest BCUT2D eigenvalue weighted by Gasteiger charge is -2.16. The first-order valence-corrected chi connectivity index (χ1v) is 9.16. The van der Waals surface area contributed by atoms with Crippen LogP contribution in [0.3, 0.4) is 0 Å². The minimum Gasteiger partial charge on any atom is -0.324 e. The molecule has 0 aliphatic heterocycles.